The summed E-state index contributed by atoms with van der Waals surface area (Å²) >= 11 is 0. The Kier molecular flexibility index (Phi) is 3.91. The highest BCUT2D eigenvalue weighted by Crippen LogP contribution is 2.41. The molecule has 2 aliphatic heterocycles. The lowest BCUT2D eigenvalue weighted by molar-refractivity contribution is 0.129. The highest BCUT2D eigenvalue weighted by Gasteiger charge is 2.46. The van der Waals surface area contributed by atoms with Gasteiger partial charge in [0.1, 0.15) is 18.4 Å². The average molecular weight is 377 g/mol. The summed E-state index contributed by atoms with van der Waals surface area (Å²) in [6, 6.07) is 11.8. The topological polar surface area (TPSA) is 88.7 Å². The highest BCUT2D eigenvalue weighted by molar-refractivity contribution is 5.94. The van der Waals surface area contributed by atoms with Crippen molar-refractivity contribution in [1.29, 1.82) is 0 Å². The van der Waals surface area contributed by atoms with E-state index in [0.717, 1.165) is 35.2 Å². The zero-order chi connectivity index (χ0) is 19.3. The van der Waals surface area contributed by atoms with Crippen molar-refractivity contribution in [3.63, 3.8) is 0 Å². The molecule has 4 heterocycles. The van der Waals surface area contributed by atoms with Crippen LogP contribution in [0.1, 0.15) is 24.7 Å². The molecule has 2 aliphatic rings. The minimum absolute atomic E-state index is 0.0458. The predicted octanol–water partition coefficient (Wildman–Crippen LogP) is 3.56. The van der Waals surface area contributed by atoms with Gasteiger partial charge in [-0.25, -0.2) is 4.79 Å². The Morgan fingerprint density at radius 2 is 2.04 bits per heavy atom. The Balaban J connectivity index is 1.43. The third kappa shape index (κ3) is 2.58. The number of carbonyl (C=O) groups is 1. The zero-order valence-corrected chi connectivity index (χ0v) is 15.3. The largest absolute Gasteiger partial charge is 0.444 e. The van der Waals surface area contributed by atoms with Crippen LogP contribution in [0.25, 0.3) is 22.5 Å². The first kappa shape index (κ1) is 16.9. The Bertz CT molecular complexity index is 1040. The van der Waals surface area contributed by atoms with Gasteiger partial charge in [0.2, 0.25) is 0 Å². The lowest BCUT2D eigenvalue weighted by Crippen LogP contribution is -2.32. The Morgan fingerprint density at radius 1 is 1.18 bits per heavy atom. The van der Waals surface area contributed by atoms with Crippen molar-refractivity contribution in [2.45, 2.75) is 38.5 Å². The lowest BCUT2D eigenvalue weighted by Gasteiger charge is -2.15. The quantitative estimate of drug-likeness (QED) is 0.748. The van der Waals surface area contributed by atoms with Crippen LogP contribution in [0.15, 0.2) is 47.1 Å². The molecule has 1 fully saturated rings. The first-order chi connectivity index (χ1) is 13.7. The second-order valence-electron chi connectivity index (χ2n) is 7.08. The minimum atomic E-state index is -0.246. The molecule has 0 aliphatic carbocycles. The van der Waals surface area contributed by atoms with E-state index < -0.39 is 0 Å². The number of nitrogens with zero attached hydrogens (tertiary/aromatic N) is 3. The summed E-state index contributed by atoms with van der Waals surface area (Å²) in [7, 11) is 0. The summed E-state index contributed by atoms with van der Waals surface area (Å²) in [6.07, 6.45) is 3.13. The highest BCUT2D eigenvalue weighted by atomic mass is 16.6. The first-order valence-electron chi connectivity index (χ1n) is 9.34. The number of aliphatic hydroxyl groups excluding tert-OH is 1. The molecule has 1 aromatic carbocycles. The average Bonchev–Trinajstić information content (AvgIpc) is 3.42. The summed E-state index contributed by atoms with van der Waals surface area (Å²) in [6.45, 7) is 1.85. The fourth-order valence-corrected chi connectivity index (χ4v) is 4.03. The monoisotopic (exact) mass is 377 g/mol. The number of hydrogen-bond acceptors (Lipinski definition) is 6. The summed E-state index contributed by atoms with van der Waals surface area (Å²) in [5, 5.41) is 13.0. The van der Waals surface area contributed by atoms with E-state index in [1.54, 1.807) is 17.2 Å². The van der Waals surface area contributed by atoms with E-state index in [1.807, 2.05) is 31.2 Å². The Hall–Kier alpha value is -3.19. The van der Waals surface area contributed by atoms with Gasteiger partial charge in [0.15, 0.2) is 5.76 Å². The molecule has 1 N–H and O–H groups in total. The van der Waals surface area contributed by atoms with Crippen molar-refractivity contribution in [2.75, 3.05) is 4.90 Å². The van der Waals surface area contributed by atoms with Gasteiger partial charge in [-0.15, -0.1) is 0 Å². The van der Waals surface area contributed by atoms with Crippen LogP contribution < -0.4 is 4.90 Å². The molecule has 7 heteroatoms. The van der Waals surface area contributed by atoms with Gasteiger partial charge in [0.25, 0.3) is 0 Å². The van der Waals surface area contributed by atoms with E-state index in [0.29, 0.717) is 17.1 Å². The maximum Gasteiger partial charge on any atom is 0.415 e. The van der Waals surface area contributed by atoms with Crippen LogP contribution >= 0.6 is 0 Å². The Labute approximate surface area is 161 Å². The molecule has 0 unspecified atom stereocenters. The Morgan fingerprint density at radius 3 is 2.75 bits per heavy atom. The molecule has 0 saturated carbocycles. The normalized spacial score (nSPS) is 20.2. The van der Waals surface area contributed by atoms with Crippen LogP contribution in [0, 0.1) is 0 Å². The molecular formula is C21H19N3O4. The minimum Gasteiger partial charge on any atom is -0.444 e. The van der Waals surface area contributed by atoms with Crippen LogP contribution in [-0.2, 0) is 17.8 Å². The van der Waals surface area contributed by atoms with Crippen LogP contribution in [-0.4, -0.2) is 33.5 Å². The van der Waals surface area contributed by atoms with E-state index in [9.17, 15) is 4.79 Å². The van der Waals surface area contributed by atoms with Gasteiger partial charge in [-0.2, -0.15) is 0 Å². The third-order valence-corrected chi connectivity index (χ3v) is 5.45. The molecule has 0 bridgehead atoms. The summed E-state index contributed by atoms with van der Waals surface area (Å²) in [5.41, 5.74) is 5.41. The van der Waals surface area contributed by atoms with Crippen LogP contribution in [0.2, 0.25) is 0 Å². The van der Waals surface area contributed by atoms with Gasteiger partial charge in [0, 0.05) is 17.8 Å². The second-order valence-corrected chi connectivity index (χ2v) is 7.08. The van der Waals surface area contributed by atoms with Crippen molar-refractivity contribution in [3.8, 4) is 22.5 Å². The maximum absolute atomic E-state index is 12.2. The van der Waals surface area contributed by atoms with Crippen LogP contribution in [0.3, 0.4) is 0 Å². The van der Waals surface area contributed by atoms with Crippen molar-refractivity contribution >= 4 is 11.8 Å². The molecule has 142 valence electrons. The van der Waals surface area contributed by atoms with Crippen LogP contribution in [0.4, 0.5) is 10.5 Å². The molecule has 28 heavy (non-hydrogen) atoms. The zero-order valence-electron chi connectivity index (χ0n) is 15.3. The van der Waals surface area contributed by atoms with Gasteiger partial charge >= 0.3 is 6.09 Å². The van der Waals surface area contributed by atoms with E-state index in [4.69, 9.17) is 14.4 Å². The predicted molar refractivity (Wildman–Crippen MR) is 102 cm³/mol. The van der Waals surface area contributed by atoms with Crippen molar-refractivity contribution in [3.05, 3.63) is 53.9 Å². The molecule has 3 aromatic rings. The fourth-order valence-electron chi connectivity index (χ4n) is 4.03. The number of cyclic esters (lactones) is 1. The number of ether oxygens (including phenoxy) is 1. The summed E-state index contributed by atoms with van der Waals surface area (Å²) in [5.74, 6) is 0.406. The van der Waals surface area contributed by atoms with Gasteiger partial charge in [-0.05, 0) is 42.2 Å². The molecule has 5 rings (SSSR count). The SMILES string of the molecule is CC[C@@H]1OC(=O)N2c3ccc(-c4ccc(-c5cc(CO)on5)nc4)cc3C[C@H]12. The number of aromatic nitrogens is 2. The number of fused-ring (bicyclic) bond motifs is 3. The van der Waals surface area contributed by atoms with Crippen molar-refractivity contribution in [2.24, 2.45) is 0 Å². The van der Waals surface area contributed by atoms with E-state index in [1.165, 1.54) is 0 Å². The van der Waals surface area contributed by atoms with E-state index in [2.05, 4.69) is 16.2 Å². The molecule has 7 nitrogen and oxygen atoms in total. The standard InChI is InChI=1S/C21H19N3O4/c1-2-20-19-8-14-7-12(4-6-18(14)24(19)21(26)27-20)13-3-5-16(22-10-13)17-9-15(11-25)28-23-17/h3-7,9-10,19-20,25H,2,8,11H2,1H3/t19-,20+/m1/s1. The van der Waals surface area contributed by atoms with Gasteiger partial charge in [-0.3, -0.25) is 9.88 Å². The van der Waals surface area contributed by atoms with Gasteiger partial charge in [-0.1, -0.05) is 24.2 Å². The number of aliphatic hydroxyl groups is 1. The molecule has 0 spiro atoms. The number of hydrogen-bond donors (Lipinski definition) is 1. The number of carbonyl (C=O) groups excluding carboxylic acids is 1. The number of benzene rings is 1. The lowest BCUT2D eigenvalue weighted by atomic mass is 10.00. The molecule has 0 radical (unpaired) electrons. The molecule has 1 amide bonds. The van der Waals surface area contributed by atoms with Crippen LogP contribution in [0.5, 0.6) is 0 Å². The number of rotatable bonds is 4. The summed E-state index contributed by atoms with van der Waals surface area (Å²) < 4.78 is 10.5. The smallest absolute Gasteiger partial charge is 0.415 e. The van der Waals surface area contributed by atoms with Crippen molar-refractivity contribution < 1.29 is 19.2 Å². The van der Waals surface area contributed by atoms with Crippen molar-refractivity contribution in [1.82, 2.24) is 10.1 Å². The molecule has 1 saturated heterocycles. The first-order valence-corrected chi connectivity index (χ1v) is 9.34. The fraction of sp³-hybridized carbons (Fsp3) is 0.286. The molecule has 2 aromatic heterocycles. The number of anilines is 1. The molecule has 2 atom stereocenters. The van der Waals surface area contributed by atoms with Gasteiger partial charge in [0.05, 0.1) is 17.4 Å². The van der Waals surface area contributed by atoms with E-state index in [-0.39, 0.29) is 24.8 Å². The summed E-state index contributed by atoms with van der Waals surface area (Å²) in [4.78, 5) is 18.5. The number of amides is 1. The van der Waals surface area contributed by atoms with Gasteiger partial charge < -0.3 is 14.4 Å². The number of pyridine rings is 1. The third-order valence-electron chi connectivity index (χ3n) is 5.45. The van der Waals surface area contributed by atoms with E-state index >= 15 is 0 Å². The second kappa shape index (κ2) is 6.45. The molecular weight excluding hydrogens is 358 g/mol. The maximum atomic E-state index is 12.2.